The van der Waals surface area contributed by atoms with Gasteiger partial charge < -0.3 is 10.1 Å². The van der Waals surface area contributed by atoms with Crippen LogP contribution in [0.15, 0.2) is 49.1 Å². The molecule has 1 aliphatic rings. The zero-order chi connectivity index (χ0) is 20.3. The second-order valence-electron chi connectivity index (χ2n) is 6.60. The number of alkyl halides is 3. The van der Waals surface area contributed by atoms with Crippen LogP contribution in [0.4, 0.5) is 13.2 Å². The number of fused-ring (bicyclic) bond motifs is 1. The van der Waals surface area contributed by atoms with E-state index in [1.165, 1.54) is 18.2 Å². The van der Waals surface area contributed by atoms with Crippen molar-refractivity contribution in [2.75, 3.05) is 0 Å². The molecule has 0 radical (unpaired) electrons. The normalized spacial score (nSPS) is 18.9. The Labute approximate surface area is 161 Å². The summed E-state index contributed by atoms with van der Waals surface area (Å²) in [6.07, 6.45) is -1.61. The fraction of sp³-hybridized carbons (Fsp3) is 0.333. The molecule has 4 nitrogen and oxygen atoms in total. The zero-order valence-corrected chi connectivity index (χ0v) is 15.4. The molecule has 0 saturated heterocycles. The fourth-order valence-electron chi connectivity index (χ4n) is 3.27. The number of hydrogen-bond acceptors (Lipinski definition) is 3. The molecule has 3 rings (SSSR count). The van der Waals surface area contributed by atoms with Gasteiger partial charge in [0.05, 0.1) is 17.3 Å². The number of ether oxygens (including phenoxy) is 1. The van der Waals surface area contributed by atoms with E-state index in [4.69, 9.17) is 4.74 Å². The average molecular weight is 390 g/mol. The summed E-state index contributed by atoms with van der Waals surface area (Å²) in [6.45, 7) is 5.46. The van der Waals surface area contributed by atoms with E-state index in [1.54, 1.807) is 0 Å². The molecule has 1 amide bonds. The molecule has 1 aromatic heterocycles. The summed E-state index contributed by atoms with van der Waals surface area (Å²) in [4.78, 5) is 16.4. The number of hydrogen-bond donors (Lipinski definition) is 1. The third-order valence-electron chi connectivity index (χ3n) is 4.74. The maximum absolute atomic E-state index is 12.7. The van der Waals surface area contributed by atoms with Gasteiger partial charge in [0, 0.05) is 5.69 Å². The molecule has 0 saturated carbocycles. The highest BCUT2D eigenvalue weighted by atomic mass is 19.4. The molecule has 0 aliphatic heterocycles. The van der Waals surface area contributed by atoms with Crippen molar-refractivity contribution < 1.29 is 22.7 Å². The Balaban J connectivity index is 1.86. The second kappa shape index (κ2) is 8.04. The van der Waals surface area contributed by atoms with Crippen LogP contribution in [-0.4, -0.2) is 10.9 Å². The largest absolute Gasteiger partial charge is 0.484 e. The zero-order valence-electron chi connectivity index (χ0n) is 15.4. The van der Waals surface area contributed by atoms with Crippen molar-refractivity contribution in [3.8, 4) is 5.75 Å². The Bertz CT molecular complexity index is 863. The molecule has 2 atom stereocenters. The number of amides is 1. The van der Waals surface area contributed by atoms with Gasteiger partial charge in [0.2, 0.25) is 5.91 Å². The van der Waals surface area contributed by atoms with Crippen molar-refractivity contribution in [3.05, 3.63) is 71.6 Å². The first kappa shape index (κ1) is 19.9. The van der Waals surface area contributed by atoms with Gasteiger partial charge in [-0.2, -0.15) is 13.2 Å². The van der Waals surface area contributed by atoms with Crippen molar-refractivity contribution >= 4 is 5.91 Å². The number of carbonyl (C=O) groups excluding carboxylic acids is 1. The second-order valence-corrected chi connectivity index (χ2v) is 6.60. The van der Waals surface area contributed by atoms with Gasteiger partial charge in [-0.3, -0.25) is 9.78 Å². The van der Waals surface area contributed by atoms with E-state index >= 15 is 0 Å². The molecule has 0 spiro atoms. The Kier molecular flexibility index (Phi) is 5.72. The van der Waals surface area contributed by atoms with Crippen LogP contribution in [-0.2, 0) is 17.4 Å². The summed E-state index contributed by atoms with van der Waals surface area (Å²) < 4.78 is 44.2. The Morgan fingerprint density at radius 1 is 1.25 bits per heavy atom. The number of nitrogens with zero attached hydrogens (tertiary/aromatic N) is 1. The van der Waals surface area contributed by atoms with Gasteiger partial charge in [0.1, 0.15) is 11.9 Å². The van der Waals surface area contributed by atoms with Gasteiger partial charge in [-0.05, 0) is 61.2 Å². The Morgan fingerprint density at radius 2 is 1.96 bits per heavy atom. The predicted octanol–water partition coefficient (Wildman–Crippen LogP) is 4.92. The molecule has 0 bridgehead atoms. The van der Waals surface area contributed by atoms with Gasteiger partial charge in [0.25, 0.3) is 0 Å². The topological polar surface area (TPSA) is 51.2 Å². The van der Waals surface area contributed by atoms with Crippen LogP contribution in [0.1, 0.15) is 54.4 Å². The Morgan fingerprint density at radius 3 is 2.57 bits per heavy atom. The number of carbonyl (C=O) groups is 1. The van der Waals surface area contributed by atoms with Crippen LogP contribution in [0.25, 0.3) is 0 Å². The van der Waals surface area contributed by atoms with Crippen LogP contribution in [0, 0.1) is 0 Å². The van der Waals surface area contributed by atoms with E-state index in [9.17, 15) is 18.0 Å². The smallest absolute Gasteiger partial charge is 0.416 e. The average Bonchev–Trinajstić information content (AvgIpc) is 2.69. The van der Waals surface area contributed by atoms with Crippen molar-refractivity contribution in [1.82, 2.24) is 10.3 Å². The fourth-order valence-corrected chi connectivity index (χ4v) is 3.27. The van der Waals surface area contributed by atoms with E-state index in [-0.39, 0.29) is 11.9 Å². The lowest BCUT2D eigenvalue weighted by Crippen LogP contribution is -2.32. The lowest BCUT2D eigenvalue weighted by atomic mass is 9.88. The molecule has 1 heterocycles. The van der Waals surface area contributed by atoms with E-state index in [0.717, 1.165) is 29.8 Å². The van der Waals surface area contributed by atoms with Crippen LogP contribution in [0.5, 0.6) is 5.75 Å². The van der Waals surface area contributed by atoms with Gasteiger partial charge in [-0.25, -0.2) is 0 Å². The summed E-state index contributed by atoms with van der Waals surface area (Å²) >= 11 is 0. The SMILES string of the molecule is C=CC(=O)N[C@H]1CC[C@@H](Oc2ccc(C(F)(F)F)cc2)c2nc(CC)ccc21. The van der Waals surface area contributed by atoms with E-state index in [1.807, 2.05) is 19.1 Å². The molecule has 0 fully saturated rings. The highest BCUT2D eigenvalue weighted by Crippen LogP contribution is 2.38. The van der Waals surface area contributed by atoms with Crippen LogP contribution < -0.4 is 10.1 Å². The van der Waals surface area contributed by atoms with Crippen molar-refractivity contribution in [2.24, 2.45) is 0 Å². The summed E-state index contributed by atoms with van der Waals surface area (Å²) in [5.74, 6) is 0.0823. The number of aryl methyl sites for hydroxylation is 1. The molecular formula is C21H21F3N2O2. The maximum atomic E-state index is 12.7. The van der Waals surface area contributed by atoms with Gasteiger partial charge >= 0.3 is 6.18 Å². The van der Waals surface area contributed by atoms with Gasteiger partial charge in [0.15, 0.2) is 0 Å². The first-order chi connectivity index (χ1) is 13.3. The molecule has 1 N–H and O–H groups in total. The van der Waals surface area contributed by atoms with E-state index < -0.39 is 17.8 Å². The molecule has 2 aromatic rings. The first-order valence-electron chi connectivity index (χ1n) is 9.08. The number of rotatable bonds is 5. The molecule has 1 aromatic carbocycles. The summed E-state index contributed by atoms with van der Waals surface area (Å²) in [5, 5.41) is 2.89. The quantitative estimate of drug-likeness (QED) is 0.738. The molecule has 0 unspecified atom stereocenters. The van der Waals surface area contributed by atoms with E-state index in [2.05, 4.69) is 16.9 Å². The Hall–Kier alpha value is -2.83. The van der Waals surface area contributed by atoms with Crippen molar-refractivity contribution in [1.29, 1.82) is 0 Å². The number of nitrogens with one attached hydrogen (secondary N) is 1. The number of halogens is 3. The van der Waals surface area contributed by atoms with Crippen LogP contribution in [0.3, 0.4) is 0 Å². The predicted molar refractivity (Wildman–Crippen MR) is 98.7 cm³/mol. The minimum absolute atomic E-state index is 0.202. The summed E-state index contributed by atoms with van der Waals surface area (Å²) in [5.41, 5.74) is 1.73. The lowest BCUT2D eigenvalue weighted by molar-refractivity contribution is -0.137. The molecule has 28 heavy (non-hydrogen) atoms. The van der Waals surface area contributed by atoms with Crippen LogP contribution >= 0.6 is 0 Å². The lowest BCUT2D eigenvalue weighted by Gasteiger charge is -2.31. The minimum Gasteiger partial charge on any atom is -0.484 e. The third kappa shape index (κ3) is 4.35. The summed E-state index contributed by atoms with van der Waals surface area (Å²) in [6, 6.07) is 8.27. The van der Waals surface area contributed by atoms with Gasteiger partial charge in [-0.15, -0.1) is 0 Å². The van der Waals surface area contributed by atoms with Crippen molar-refractivity contribution in [2.45, 2.75) is 44.5 Å². The number of aromatic nitrogens is 1. The number of benzene rings is 1. The highest BCUT2D eigenvalue weighted by molar-refractivity contribution is 5.87. The first-order valence-corrected chi connectivity index (χ1v) is 9.08. The standard InChI is InChI=1S/C21H21F3N2O2/c1-3-14-7-10-16-17(26-19(27)4-2)11-12-18(20(16)25-14)28-15-8-5-13(6-9-15)21(22,23)24/h4-10,17-18H,2-3,11-12H2,1H3,(H,26,27)/t17-,18+/m0/s1. The molecule has 7 heteroatoms. The number of pyridine rings is 1. The van der Waals surface area contributed by atoms with E-state index in [0.29, 0.717) is 24.3 Å². The molecule has 1 aliphatic carbocycles. The monoisotopic (exact) mass is 390 g/mol. The van der Waals surface area contributed by atoms with Crippen LogP contribution in [0.2, 0.25) is 0 Å². The van der Waals surface area contributed by atoms with Crippen molar-refractivity contribution in [3.63, 3.8) is 0 Å². The summed E-state index contributed by atoms with van der Waals surface area (Å²) in [7, 11) is 0. The van der Waals surface area contributed by atoms with Gasteiger partial charge in [-0.1, -0.05) is 19.6 Å². The highest BCUT2D eigenvalue weighted by Gasteiger charge is 2.32. The maximum Gasteiger partial charge on any atom is 0.416 e. The minimum atomic E-state index is -4.38. The third-order valence-corrected chi connectivity index (χ3v) is 4.74. The molecule has 148 valence electrons. The molecular weight excluding hydrogens is 369 g/mol.